The lowest BCUT2D eigenvalue weighted by Gasteiger charge is -2.33. The van der Waals surface area contributed by atoms with E-state index in [0.29, 0.717) is 12.6 Å². The van der Waals surface area contributed by atoms with Gasteiger partial charge in [-0.3, -0.25) is 15.0 Å². The van der Waals surface area contributed by atoms with Crippen LogP contribution in [0.2, 0.25) is 0 Å². The van der Waals surface area contributed by atoms with Gasteiger partial charge in [-0.1, -0.05) is 42.5 Å². The molecule has 2 N–H and O–H groups in total. The fraction of sp³-hybridized carbons (Fsp3) is 0.435. The second-order valence-electron chi connectivity index (χ2n) is 8.07. The fourth-order valence-corrected chi connectivity index (χ4v) is 3.57. The fourth-order valence-electron chi connectivity index (χ4n) is 3.57. The number of hydrogen-bond donors (Lipinski definition) is 2. The normalized spacial score (nSPS) is 15.9. The number of likely N-dealkylation sites (tertiary alicyclic amines) is 1. The van der Waals surface area contributed by atoms with Crippen molar-refractivity contribution < 1.29 is 4.92 Å². The Morgan fingerprint density at radius 3 is 2.37 bits per heavy atom. The van der Waals surface area contributed by atoms with E-state index in [2.05, 4.69) is 59.7 Å². The van der Waals surface area contributed by atoms with E-state index in [4.69, 9.17) is 4.99 Å². The number of rotatable bonds is 7. The molecule has 1 saturated heterocycles. The number of piperidine rings is 1. The zero-order valence-electron chi connectivity index (χ0n) is 17.8. The minimum absolute atomic E-state index is 0.101. The van der Waals surface area contributed by atoms with Crippen molar-refractivity contribution in [1.82, 2.24) is 15.5 Å². The Morgan fingerprint density at radius 1 is 1.10 bits per heavy atom. The number of hydrogen-bond acceptors (Lipinski definition) is 4. The van der Waals surface area contributed by atoms with E-state index in [1.807, 2.05) is 0 Å². The van der Waals surface area contributed by atoms with Gasteiger partial charge < -0.3 is 10.6 Å². The Labute approximate surface area is 178 Å². The molecule has 0 radical (unpaired) electrons. The average molecular weight is 410 g/mol. The van der Waals surface area contributed by atoms with Crippen LogP contribution in [-0.4, -0.2) is 41.0 Å². The average Bonchev–Trinajstić information content (AvgIpc) is 2.74. The third-order valence-electron chi connectivity index (χ3n) is 5.17. The Kier molecular flexibility index (Phi) is 7.79. The highest BCUT2D eigenvalue weighted by Gasteiger charge is 2.20. The predicted molar refractivity (Wildman–Crippen MR) is 120 cm³/mol. The maximum absolute atomic E-state index is 10.8. The molecule has 0 saturated carbocycles. The minimum Gasteiger partial charge on any atom is -0.354 e. The summed E-state index contributed by atoms with van der Waals surface area (Å²) in [4.78, 5) is 17.6. The third kappa shape index (κ3) is 6.84. The van der Waals surface area contributed by atoms with Crippen molar-refractivity contribution in [2.75, 3.05) is 13.1 Å². The Balaban J connectivity index is 1.53. The number of non-ortho nitro benzene ring substituents is 1. The number of guanidine groups is 1. The quantitative estimate of drug-likeness (QED) is 0.315. The maximum Gasteiger partial charge on any atom is 0.269 e. The minimum atomic E-state index is -0.384. The molecule has 0 bridgehead atoms. The monoisotopic (exact) mass is 409 g/mol. The number of nitrogens with one attached hydrogen (secondary N) is 2. The van der Waals surface area contributed by atoms with Crippen molar-refractivity contribution in [3.63, 3.8) is 0 Å². The molecule has 7 heteroatoms. The van der Waals surface area contributed by atoms with Gasteiger partial charge in [0.2, 0.25) is 0 Å². The van der Waals surface area contributed by atoms with Gasteiger partial charge in [0.15, 0.2) is 5.96 Å². The Morgan fingerprint density at radius 2 is 1.77 bits per heavy atom. The van der Waals surface area contributed by atoms with Gasteiger partial charge in [-0.25, -0.2) is 4.99 Å². The van der Waals surface area contributed by atoms with Gasteiger partial charge in [-0.05, 0) is 37.8 Å². The standard InChI is InChI=1S/C23H31N5O2/c1-18(2)25-23(24-16-19-8-10-22(11-9-19)28(29)30)26-21-12-14-27(15-13-21)17-20-6-4-3-5-7-20/h3-11,18,21H,12-17H2,1-2H3,(H2,24,25,26). The van der Waals surface area contributed by atoms with Crippen molar-refractivity contribution in [2.45, 2.75) is 51.9 Å². The lowest BCUT2D eigenvalue weighted by Crippen LogP contribution is -2.50. The molecule has 0 spiro atoms. The zero-order valence-corrected chi connectivity index (χ0v) is 17.8. The van der Waals surface area contributed by atoms with E-state index < -0.39 is 0 Å². The zero-order chi connectivity index (χ0) is 21.3. The Bertz CT molecular complexity index is 828. The molecule has 0 atom stereocenters. The van der Waals surface area contributed by atoms with Crippen LogP contribution in [0, 0.1) is 10.1 Å². The van der Waals surface area contributed by atoms with E-state index in [1.54, 1.807) is 12.1 Å². The highest BCUT2D eigenvalue weighted by atomic mass is 16.6. The highest BCUT2D eigenvalue weighted by molar-refractivity contribution is 5.80. The first kappa shape index (κ1) is 21.8. The smallest absolute Gasteiger partial charge is 0.269 e. The van der Waals surface area contributed by atoms with E-state index in [0.717, 1.165) is 44.0 Å². The van der Waals surface area contributed by atoms with Gasteiger partial charge in [0.05, 0.1) is 11.5 Å². The van der Waals surface area contributed by atoms with Crippen LogP contribution in [0.5, 0.6) is 0 Å². The topological polar surface area (TPSA) is 82.8 Å². The van der Waals surface area contributed by atoms with Gasteiger partial charge in [-0.2, -0.15) is 0 Å². The van der Waals surface area contributed by atoms with Crippen LogP contribution in [0.4, 0.5) is 5.69 Å². The summed E-state index contributed by atoms with van der Waals surface area (Å²) in [6, 6.07) is 17.8. The van der Waals surface area contributed by atoms with Crippen molar-refractivity contribution in [2.24, 2.45) is 4.99 Å². The first-order chi connectivity index (χ1) is 14.5. The van der Waals surface area contributed by atoms with Gasteiger partial charge in [-0.15, -0.1) is 0 Å². The van der Waals surface area contributed by atoms with Gasteiger partial charge >= 0.3 is 0 Å². The number of aliphatic imine (C=N–C) groups is 1. The van der Waals surface area contributed by atoms with Crippen LogP contribution in [0.3, 0.4) is 0 Å². The summed E-state index contributed by atoms with van der Waals surface area (Å²) < 4.78 is 0. The summed E-state index contributed by atoms with van der Waals surface area (Å²) in [5.74, 6) is 0.796. The van der Waals surface area contributed by atoms with E-state index in [1.165, 1.54) is 17.7 Å². The molecule has 2 aromatic rings. The molecule has 1 fully saturated rings. The molecule has 1 heterocycles. The second kappa shape index (κ2) is 10.7. The first-order valence-corrected chi connectivity index (χ1v) is 10.6. The summed E-state index contributed by atoms with van der Waals surface area (Å²) >= 11 is 0. The molecule has 0 aliphatic carbocycles. The molecule has 7 nitrogen and oxygen atoms in total. The van der Waals surface area contributed by atoms with Gasteiger partial charge in [0, 0.05) is 43.9 Å². The predicted octanol–water partition coefficient (Wildman–Crippen LogP) is 3.70. The summed E-state index contributed by atoms with van der Waals surface area (Å²) in [5, 5.41) is 17.8. The lowest BCUT2D eigenvalue weighted by molar-refractivity contribution is -0.384. The molecular formula is C23H31N5O2. The number of nitrogens with zero attached hydrogens (tertiary/aromatic N) is 3. The first-order valence-electron chi connectivity index (χ1n) is 10.6. The summed E-state index contributed by atoms with van der Waals surface area (Å²) in [7, 11) is 0. The highest BCUT2D eigenvalue weighted by Crippen LogP contribution is 2.15. The molecule has 2 aromatic carbocycles. The van der Waals surface area contributed by atoms with Gasteiger partial charge in [0.25, 0.3) is 5.69 Å². The van der Waals surface area contributed by atoms with Crippen molar-refractivity contribution in [3.05, 3.63) is 75.8 Å². The largest absolute Gasteiger partial charge is 0.354 e. The summed E-state index contributed by atoms with van der Waals surface area (Å²) in [6.07, 6.45) is 2.15. The van der Waals surface area contributed by atoms with Crippen LogP contribution < -0.4 is 10.6 Å². The molecule has 160 valence electrons. The summed E-state index contributed by atoms with van der Waals surface area (Å²) in [5.41, 5.74) is 2.41. The third-order valence-corrected chi connectivity index (χ3v) is 5.17. The molecule has 0 unspecified atom stereocenters. The van der Waals surface area contributed by atoms with Crippen LogP contribution in [-0.2, 0) is 13.1 Å². The maximum atomic E-state index is 10.8. The second-order valence-corrected chi connectivity index (χ2v) is 8.07. The van der Waals surface area contributed by atoms with Crippen LogP contribution >= 0.6 is 0 Å². The molecule has 1 aliphatic rings. The van der Waals surface area contributed by atoms with Crippen LogP contribution in [0.1, 0.15) is 37.8 Å². The van der Waals surface area contributed by atoms with E-state index in [-0.39, 0.29) is 16.7 Å². The molecular weight excluding hydrogens is 378 g/mol. The number of nitro benzene ring substituents is 1. The SMILES string of the molecule is CC(C)NC(=NCc1ccc([N+](=O)[O-])cc1)NC1CCN(Cc2ccccc2)CC1. The van der Waals surface area contributed by atoms with Crippen molar-refractivity contribution in [1.29, 1.82) is 0 Å². The van der Waals surface area contributed by atoms with Crippen LogP contribution in [0.15, 0.2) is 59.6 Å². The number of benzene rings is 2. The summed E-state index contributed by atoms with van der Waals surface area (Å²) in [6.45, 7) is 7.77. The molecule has 1 aliphatic heterocycles. The van der Waals surface area contributed by atoms with E-state index in [9.17, 15) is 10.1 Å². The number of nitro groups is 1. The molecule has 0 aromatic heterocycles. The Hall–Kier alpha value is -2.93. The van der Waals surface area contributed by atoms with E-state index >= 15 is 0 Å². The van der Waals surface area contributed by atoms with Crippen LogP contribution in [0.25, 0.3) is 0 Å². The molecule has 3 rings (SSSR count). The van der Waals surface area contributed by atoms with Crippen molar-refractivity contribution in [3.8, 4) is 0 Å². The molecule has 30 heavy (non-hydrogen) atoms. The van der Waals surface area contributed by atoms with Gasteiger partial charge in [0.1, 0.15) is 0 Å². The lowest BCUT2D eigenvalue weighted by atomic mass is 10.0. The molecule has 0 amide bonds. The van der Waals surface area contributed by atoms with Crippen molar-refractivity contribution >= 4 is 11.6 Å².